The molecule has 1 N–H and O–H groups in total. The topological polar surface area (TPSA) is 99.6 Å². The van der Waals surface area contributed by atoms with E-state index in [1.165, 1.54) is 0 Å². The standard InChI is InChI=1S/C28H42BrN3O6S/c1-3-5-8-16-38-27(36)21-22-25(34)32(10-6-7-15-33)24(28(22)19-20(29)23(21)39-28)26(35)31(9-4-2)12-11-30-13-17-37-18-14-30/h3-4,20-24,33H,1-2,5-19H2/t20?,21-,22-,23-,24?,28?/m0/s1. The molecule has 39 heavy (non-hydrogen) atoms. The zero-order valence-electron chi connectivity index (χ0n) is 22.7. The van der Waals surface area contributed by atoms with Crippen LogP contribution in [-0.4, -0.2) is 124 Å². The van der Waals surface area contributed by atoms with Gasteiger partial charge in [-0.2, -0.15) is 0 Å². The Morgan fingerprint density at radius 3 is 2.67 bits per heavy atom. The number of aliphatic hydroxyl groups is 1. The molecule has 11 heteroatoms. The number of fused-ring (bicyclic) bond motifs is 1. The molecular weight excluding hydrogens is 586 g/mol. The highest BCUT2D eigenvalue weighted by atomic mass is 79.9. The molecule has 0 saturated carbocycles. The van der Waals surface area contributed by atoms with Crippen LogP contribution in [0, 0.1) is 11.8 Å². The minimum absolute atomic E-state index is 0.00571. The first-order chi connectivity index (χ1) is 18.9. The third kappa shape index (κ3) is 6.27. The number of carbonyl (C=O) groups is 3. The molecule has 0 aliphatic carbocycles. The van der Waals surface area contributed by atoms with Gasteiger partial charge in [-0.15, -0.1) is 24.9 Å². The van der Waals surface area contributed by atoms with E-state index >= 15 is 0 Å². The van der Waals surface area contributed by atoms with Crippen molar-refractivity contribution in [3.05, 3.63) is 25.3 Å². The number of nitrogens with zero attached hydrogens (tertiary/aromatic N) is 3. The van der Waals surface area contributed by atoms with Crippen molar-refractivity contribution in [2.24, 2.45) is 11.8 Å². The number of rotatable bonds is 15. The third-order valence-electron chi connectivity index (χ3n) is 8.35. The lowest BCUT2D eigenvalue weighted by Gasteiger charge is -2.38. The van der Waals surface area contributed by atoms with Gasteiger partial charge in [0.25, 0.3) is 0 Å². The van der Waals surface area contributed by atoms with Gasteiger partial charge in [-0.05, 0) is 32.1 Å². The molecule has 9 nitrogen and oxygen atoms in total. The van der Waals surface area contributed by atoms with E-state index in [-0.39, 0.29) is 41.1 Å². The SMILES string of the molecule is C=CCCCOC(=O)[C@H]1[C@H]2C(=O)N(CCCCO)C(C(=O)N(CC=C)CCN3CCOCC3)C23CC(Br)[C@@H]1S3. The zero-order chi connectivity index (χ0) is 28.0. The molecule has 6 atom stereocenters. The monoisotopic (exact) mass is 627 g/mol. The summed E-state index contributed by atoms with van der Waals surface area (Å²) in [5.41, 5.74) is 0. The summed E-state index contributed by atoms with van der Waals surface area (Å²) in [6.45, 7) is 13.0. The van der Waals surface area contributed by atoms with Gasteiger partial charge in [-0.25, -0.2) is 0 Å². The molecule has 1 spiro atoms. The molecule has 2 amide bonds. The zero-order valence-corrected chi connectivity index (χ0v) is 25.1. The Morgan fingerprint density at radius 2 is 1.97 bits per heavy atom. The van der Waals surface area contributed by atoms with Crippen molar-refractivity contribution in [3.63, 3.8) is 0 Å². The van der Waals surface area contributed by atoms with Crippen molar-refractivity contribution in [2.75, 3.05) is 65.7 Å². The third-order valence-corrected chi connectivity index (χ3v) is 11.6. The van der Waals surface area contributed by atoms with E-state index in [0.717, 1.165) is 26.1 Å². The van der Waals surface area contributed by atoms with Gasteiger partial charge in [-0.1, -0.05) is 28.1 Å². The van der Waals surface area contributed by atoms with Crippen molar-refractivity contribution in [2.45, 2.75) is 53.0 Å². The number of unbranched alkanes of at least 4 members (excludes halogenated alkanes) is 2. The van der Waals surface area contributed by atoms with Crippen LogP contribution in [0.1, 0.15) is 32.1 Å². The first kappa shape index (κ1) is 30.6. The first-order valence-corrected chi connectivity index (χ1v) is 15.9. The number of hydrogen-bond donors (Lipinski definition) is 1. The molecule has 2 bridgehead atoms. The van der Waals surface area contributed by atoms with Crippen LogP contribution in [0.2, 0.25) is 0 Å². The minimum atomic E-state index is -0.699. The number of esters is 1. The van der Waals surface area contributed by atoms with E-state index in [4.69, 9.17) is 9.47 Å². The maximum Gasteiger partial charge on any atom is 0.310 e. The number of allylic oxidation sites excluding steroid dienone is 1. The molecule has 0 aromatic rings. The summed E-state index contributed by atoms with van der Waals surface area (Å²) in [4.78, 5) is 47.6. The summed E-state index contributed by atoms with van der Waals surface area (Å²) < 4.78 is 10.4. The number of amides is 2. The number of ether oxygens (including phenoxy) is 2. The van der Waals surface area contributed by atoms with Crippen LogP contribution in [0.15, 0.2) is 25.3 Å². The van der Waals surface area contributed by atoms with Crippen LogP contribution in [0.25, 0.3) is 0 Å². The maximum absolute atomic E-state index is 14.4. The molecule has 4 aliphatic rings. The number of alkyl halides is 1. The number of thioether (sulfide) groups is 1. The van der Waals surface area contributed by atoms with E-state index < -0.39 is 22.6 Å². The number of aliphatic hydroxyl groups excluding tert-OH is 1. The number of morpholine rings is 1. The van der Waals surface area contributed by atoms with Crippen LogP contribution < -0.4 is 0 Å². The summed E-state index contributed by atoms with van der Waals surface area (Å²) in [7, 11) is 0. The van der Waals surface area contributed by atoms with Gasteiger partial charge in [0, 0.05) is 56.0 Å². The van der Waals surface area contributed by atoms with Crippen molar-refractivity contribution in [3.8, 4) is 0 Å². The molecule has 0 aromatic heterocycles. The van der Waals surface area contributed by atoms with Crippen LogP contribution in [0.4, 0.5) is 0 Å². The second-order valence-corrected chi connectivity index (χ2v) is 13.5. The van der Waals surface area contributed by atoms with E-state index in [9.17, 15) is 19.5 Å². The average molecular weight is 629 g/mol. The van der Waals surface area contributed by atoms with Crippen LogP contribution in [0.3, 0.4) is 0 Å². The predicted octanol–water partition coefficient (Wildman–Crippen LogP) is 2.08. The van der Waals surface area contributed by atoms with Gasteiger partial charge < -0.3 is 24.4 Å². The Kier molecular flexibility index (Phi) is 11.0. The van der Waals surface area contributed by atoms with Crippen molar-refractivity contribution in [1.29, 1.82) is 0 Å². The molecule has 4 fully saturated rings. The molecule has 4 saturated heterocycles. The van der Waals surface area contributed by atoms with Crippen molar-refractivity contribution < 1.29 is 29.0 Å². The highest BCUT2D eigenvalue weighted by molar-refractivity contribution is 9.09. The fourth-order valence-corrected chi connectivity index (χ4v) is 10.1. The van der Waals surface area contributed by atoms with Crippen molar-refractivity contribution in [1.82, 2.24) is 14.7 Å². The number of likely N-dealkylation sites (tertiary alicyclic amines) is 1. The minimum Gasteiger partial charge on any atom is -0.465 e. The highest BCUT2D eigenvalue weighted by Crippen LogP contribution is 2.68. The van der Waals surface area contributed by atoms with Crippen LogP contribution >= 0.6 is 27.7 Å². The molecular formula is C28H42BrN3O6S. The van der Waals surface area contributed by atoms with Gasteiger partial charge in [0.2, 0.25) is 11.8 Å². The first-order valence-electron chi connectivity index (χ1n) is 14.1. The van der Waals surface area contributed by atoms with Crippen LogP contribution in [-0.2, 0) is 23.9 Å². The Labute approximate surface area is 244 Å². The Hall–Kier alpha value is -1.40. The summed E-state index contributed by atoms with van der Waals surface area (Å²) >= 11 is 5.42. The Balaban J connectivity index is 1.59. The lowest BCUT2D eigenvalue weighted by Crippen LogP contribution is -2.56. The van der Waals surface area contributed by atoms with Gasteiger partial charge >= 0.3 is 5.97 Å². The molecule has 4 heterocycles. The summed E-state index contributed by atoms with van der Waals surface area (Å²) in [6.07, 6.45) is 6.73. The van der Waals surface area contributed by atoms with Crippen LogP contribution in [0.5, 0.6) is 0 Å². The predicted molar refractivity (Wildman–Crippen MR) is 155 cm³/mol. The lowest BCUT2D eigenvalue weighted by atomic mass is 9.71. The Morgan fingerprint density at radius 1 is 1.21 bits per heavy atom. The smallest absolute Gasteiger partial charge is 0.310 e. The molecule has 0 aromatic carbocycles. The molecule has 0 radical (unpaired) electrons. The van der Waals surface area contributed by atoms with E-state index in [0.29, 0.717) is 58.5 Å². The quantitative estimate of drug-likeness (QED) is 0.128. The van der Waals surface area contributed by atoms with E-state index in [1.807, 2.05) is 4.90 Å². The average Bonchev–Trinajstić information content (AvgIpc) is 3.52. The maximum atomic E-state index is 14.4. The van der Waals surface area contributed by atoms with E-state index in [2.05, 4.69) is 34.0 Å². The number of halogens is 1. The summed E-state index contributed by atoms with van der Waals surface area (Å²) in [5.74, 6) is -1.76. The van der Waals surface area contributed by atoms with E-state index in [1.54, 1.807) is 28.8 Å². The lowest BCUT2D eigenvalue weighted by molar-refractivity contribution is -0.154. The second-order valence-electron chi connectivity index (χ2n) is 10.8. The van der Waals surface area contributed by atoms with Crippen molar-refractivity contribution >= 4 is 45.5 Å². The largest absolute Gasteiger partial charge is 0.465 e. The van der Waals surface area contributed by atoms with Gasteiger partial charge in [-0.3, -0.25) is 19.3 Å². The van der Waals surface area contributed by atoms with Gasteiger partial charge in [0.1, 0.15) is 6.04 Å². The molecule has 218 valence electrons. The fourth-order valence-electron chi connectivity index (χ4n) is 6.52. The van der Waals surface area contributed by atoms with Gasteiger partial charge in [0.15, 0.2) is 0 Å². The number of carbonyl (C=O) groups excluding carboxylic acids is 3. The summed E-state index contributed by atoms with van der Waals surface area (Å²) in [5, 5.41) is 9.26. The molecule has 3 unspecified atom stereocenters. The summed E-state index contributed by atoms with van der Waals surface area (Å²) in [6, 6.07) is -0.674. The molecule has 4 aliphatic heterocycles. The fraction of sp³-hybridized carbons (Fsp3) is 0.750. The molecule has 4 rings (SSSR count). The second kappa shape index (κ2) is 14.0. The normalized spacial score (nSPS) is 31.8. The Bertz CT molecular complexity index is 918. The number of hydrogen-bond acceptors (Lipinski definition) is 8. The highest BCUT2D eigenvalue weighted by Gasteiger charge is 2.76. The van der Waals surface area contributed by atoms with Gasteiger partial charge in [0.05, 0.1) is 36.4 Å².